The van der Waals surface area contributed by atoms with Crippen LogP contribution in [-0.4, -0.2) is 37.5 Å². The molecule has 0 unspecified atom stereocenters. The van der Waals surface area contributed by atoms with E-state index >= 15 is 0 Å². The van der Waals surface area contributed by atoms with Gasteiger partial charge in [-0.2, -0.15) is 0 Å². The average Bonchev–Trinajstić information content (AvgIpc) is 3.34. The van der Waals surface area contributed by atoms with E-state index in [-0.39, 0.29) is 30.5 Å². The molecule has 0 fully saturated rings. The summed E-state index contributed by atoms with van der Waals surface area (Å²) in [6.45, 7) is 7.72. The Morgan fingerprint density at radius 3 is 2.40 bits per heavy atom. The molecular weight excluding hydrogens is 663 g/mol. The number of rotatable bonds is 11. The molecule has 0 saturated heterocycles. The molecule has 0 spiro atoms. The first-order valence-corrected chi connectivity index (χ1v) is 16.4. The number of carbonyl (C=O) groups excluding carboxylic acids is 1. The van der Waals surface area contributed by atoms with Gasteiger partial charge in [0.05, 0.1) is 53.8 Å². The van der Waals surface area contributed by atoms with Crippen LogP contribution in [0.2, 0.25) is 10.0 Å². The van der Waals surface area contributed by atoms with Gasteiger partial charge in [0.2, 0.25) is 0 Å². The third-order valence-corrected chi connectivity index (χ3v) is 8.74. The van der Waals surface area contributed by atoms with Crippen LogP contribution in [0.1, 0.15) is 50.4 Å². The van der Waals surface area contributed by atoms with E-state index in [2.05, 4.69) is 4.99 Å². The van der Waals surface area contributed by atoms with Gasteiger partial charge in [0.15, 0.2) is 27.8 Å². The second kappa shape index (κ2) is 14.7. The highest BCUT2D eigenvalue weighted by Crippen LogP contribution is 2.38. The normalized spacial score (nSPS) is 14.5. The lowest BCUT2D eigenvalue weighted by Crippen LogP contribution is -2.40. The maximum Gasteiger partial charge on any atom is 0.338 e. The maximum absolute atomic E-state index is 14.1. The number of esters is 1. The van der Waals surface area contributed by atoms with Crippen LogP contribution in [0.5, 0.6) is 23.0 Å². The van der Waals surface area contributed by atoms with Crippen LogP contribution >= 0.6 is 34.5 Å². The first-order chi connectivity index (χ1) is 22.5. The van der Waals surface area contributed by atoms with Crippen molar-refractivity contribution < 1.29 is 28.5 Å². The predicted molar refractivity (Wildman–Crippen MR) is 183 cm³/mol. The van der Waals surface area contributed by atoms with E-state index in [4.69, 9.17) is 46.9 Å². The maximum atomic E-state index is 14.1. The number of hydrogen-bond donors (Lipinski definition) is 0. The van der Waals surface area contributed by atoms with Crippen LogP contribution in [-0.2, 0) is 16.1 Å². The smallest absolute Gasteiger partial charge is 0.338 e. The quantitative estimate of drug-likeness (QED) is 0.165. The molecule has 5 rings (SSSR count). The molecule has 3 aromatic carbocycles. The second-order valence-electron chi connectivity index (χ2n) is 10.8. The highest BCUT2D eigenvalue weighted by molar-refractivity contribution is 7.07. The van der Waals surface area contributed by atoms with Crippen molar-refractivity contribution in [1.29, 1.82) is 0 Å². The molecule has 1 aromatic heterocycles. The van der Waals surface area contributed by atoms with Crippen molar-refractivity contribution in [2.45, 2.75) is 46.4 Å². The van der Waals surface area contributed by atoms with Gasteiger partial charge in [-0.05, 0) is 86.9 Å². The molecule has 4 aromatic rings. The van der Waals surface area contributed by atoms with Crippen LogP contribution in [0.4, 0.5) is 0 Å². The van der Waals surface area contributed by atoms with Crippen LogP contribution < -0.4 is 33.8 Å². The fourth-order valence-corrected chi connectivity index (χ4v) is 6.61. The van der Waals surface area contributed by atoms with Crippen molar-refractivity contribution in [3.05, 3.63) is 112 Å². The van der Waals surface area contributed by atoms with E-state index in [9.17, 15) is 9.59 Å². The van der Waals surface area contributed by atoms with Gasteiger partial charge in [-0.25, -0.2) is 9.79 Å². The molecule has 246 valence electrons. The van der Waals surface area contributed by atoms with Crippen LogP contribution in [0, 0.1) is 0 Å². The van der Waals surface area contributed by atoms with E-state index in [1.165, 1.54) is 23.0 Å². The van der Waals surface area contributed by atoms with Gasteiger partial charge >= 0.3 is 5.97 Å². The lowest BCUT2D eigenvalue weighted by atomic mass is 9.95. The minimum Gasteiger partial charge on any atom is -0.493 e. The first kappa shape index (κ1) is 34.1. The van der Waals surface area contributed by atoms with Crippen LogP contribution in [0.3, 0.4) is 0 Å². The molecule has 12 heteroatoms. The minimum absolute atomic E-state index is 0.0825. The number of methoxy groups -OCH3 is 2. The fraction of sp³-hybridized carbons (Fsp3) is 0.286. The van der Waals surface area contributed by atoms with Gasteiger partial charge < -0.3 is 23.7 Å². The Morgan fingerprint density at radius 2 is 1.74 bits per heavy atom. The number of benzene rings is 3. The van der Waals surface area contributed by atoms with Crippen molar-refractivity contribution in [3.63, 3.8) is 0 Å². The summed E-state index contributed by atoms with van der Waals surface area (Å²) in [6.07, 6.45) is 1.63. The summed E-state index contributed by atoms with van der Waals surface area (Å²) in [5, 5.41) is 0.943. The van der Waals surface area contributed by atoms with Gasteiger partial charge in [-0.3, -0.25) is 9.36 Å². The number of thiazole rings is 1. The summed E-state index contributed by atoms with van der Waals surface area (Å²) in [6, 6.07) is 15.3. The molecule has 0 aliphatic carbocycles. The molecule has 1 aliphatic heterocycles. The Bertz CT molecular complexity index is 2020. The molecule has 0 saturated carbocycles. The third kappa shape index (κ3) is 7.35. The SMILES string of the molecule is CCOC(=O)C1=C(C)N=c2s/c(=C\c3cc(Cl)c(OCc4ccc(Cl)cc4)c(OC)c3)c(=O)n2[C@@H]1c1ccc(OC(C)C)c(OC)c1. The fourth-order valence-electron chi connectivity index (χ4n) is 5.16. The highest BCUT2D eigenvalue weighted by atomic mass is 35.5. The average molecular weight is 698 g/mol. The van der Waals surface area contributed by atoms with E-state index in [0.29, 0.717) is 59.2 Å². The molecule has 47 heavy (non-hydrogen) atoms. The molecule has 0 bridgehead atoms. The molecule has 0 radical (unpaired) electrons. The van der Waals surface area contributed by atoms with E-state index < -0.39 is 12.0 Å². The van der Waals surface area contributed by atoms with Crippen molar-refractivity contribution >= 4 is 46.6 Å². The number of allylic oxidation sites excluding steroid dienone is 1. The predicted octanol–water partition coefficient (Wildman–Crippen LogP) is 6.49. The Kier molecular flexibility index (Phi) is 10.6. The number of ether oxygens (including phenoxy) is 5. The molecule has 1 atom stereocenters. The van der Waals surface area contributed by atoms with E-state index in [1.807, 2.05) is 32.0 Å². The lowest BCUT2D eigenvalue weighted by Gasteiger charge is -2.25. The highest BCUT2D eigenvalue weighted by Gasteiger charge is 2.34. The first-order valence-electron chi connectivity index (χ1n) is 14.8. The molecule has 0 amide bonds. The van der Waals surface area contributed by atoms with Gasteiger partial charge in [0.25, 0.3) is 5.56 Å². The number of fused-ring (bicyclic) bond motifs is 1. The number of hydrogen-bond acceptors (Lipinski definition) is 9. The zero-order valence-electron chi connectivity index (χ0n) is 26.8. The lowest BCUT2D eigenvalue weighted by molar-refractivity contribution is -0.139. The monoisotopic (exact) mass is 696 g/mol. The number of aromatic nitrogens is 1. The summed E-state index contributed by atoms with van der Waals surface area (Å²) in [5.74, 6) is 1.23. The van der Waals surface area contributed by atoms with Crippen molar-refractivity contribution in [3.8, 4) is 23.0 Å². The van der Waals surface area contributed by atoms with Gasteiger partial charge in [-0.1, -0.05) is 52.7 Å². The summed E-state index contributed by atoms with van der Waals surface area (Å²) in [7, 11) is 3.06. The van der Waals surface area contributed by atoms with Gasteiger partial charge in [0, 0.05) is 5.02 Å². The van der Waals surface area contributed by atoms with Crippen LogP contribution in [0.15, 0.2) is 75.7 Å². The summed E-state index contributed by atoms with van der Waals surface area (Å²) in [4.78, 5) is 32.5. The second-order valence-corrected chi connectivity index (χ2v) is 12.7. The standard InChI is InChI=1S/C35H34Cl2N2O7S/c1-7-44-34(41)30-20(4)38-35-39(31(30)23-10-13-26(46-19(2)3)27(17-23)42-5)33(40)29(47-35)16-22-14-25(37)32(28(15-22)43-6)45-18-21-8-11-24(36)12-9-21/h8-17,19,31H,7,18H2,1-6H3/b29-16-/t31-/m1/s1. The summed E-state index contributed by atoms with van der Waals surface area (Å²) < 4.78 is 30.4. The van der Waals surface area contributed by atoms with Gasteiger partial charge in [0.1, 0.15) is 6.61 Å². The minimum atomic E-state index is -0.823. The Morgan fingerprint density at radius 1 is 1.02 bits per heavy atom. The summed E-state index contributed by atoms with van der Waals surface area (Å²) >= 11 is 13.9. The van der Waals surface area contributed by atoms with Crippen molar-refractivity contribution in [1.82, 2.24) is 4.57 Å². The van der Waals surface area contributed by atoms with E-state index in [1.54, 1.807) is 63.4 Å². The number of carbonyl (C=O) groups is 1. The Labute approximate surface area is 286 Å². The summed E-state index contributed by atoms with van der Waals surface area (Å²) in [5.41, 5.74) is 2.53. The third-order valence-electron chi connectivity index (χ3n) is 7.23. The largest absolute Gasteiger partial charge is 0.493 e. The molecule has 9 nitrogen and oxygen atoms in total. The number of nitrogens with zero attached hydrogens (tertiary/aromatic N) is 2. The van der Waals surface area contributed by atoms with Crippen molar-refractivity contribution in [2.75, 3.05) is 20.8 Å². The zero-order valence-corrected chi connectivity index (χ0v) is 29.1. The van der Waals surface area contributed by atoms with Crippen LogP contribution in [0.25, 0.3) is 6.08 Å². The molecule has 1 aliphatic rings. The Hall–Kier alpha value is -4.25. The zero-order chi connectivity index (χ0) is 33.8. The number of halogens is 2. The molecule has 0 N–H and O–H groups in total. The topological polar surface area (TPSA) is 97.6 Å². The van der Waals surface area contributed by atoms with E-state index in [0.717, 1.165) is 5.56 Å². The van der Waals surface area contributed by atoms with Crippen molar-refractivity contribution in [2.24, 2.45) is 4.99 Å². The van der Waals surface area contributed by atoms with Gasteiger partial charge in [-0.15, -0.1) is 0 Å². The molecular formula is C35H34Cl2N2O7S. The Balaban J connectivity index is 1.59. The molecule has 2 heterocycles.